The van der Waals surface area contributed by atoms with Crippen LogP contribution in [0.5, 0.6) is 0 Å². The number of ether oxygens (including phenoxy) is 1. The lowest BCUT2D eigenvalue weighted by atomic mass is 9.94. The normalized spacial score (nSPS) is 36.4. The first-order chi connectivity index (χ1) is 7.83. The first-order valence-corrected chi connectivity index (χ1v) is 6.45. The summed E-state index contributed by atoms with van der Waals surface area (Å²) in [7, 11) is 0. The molecular weight excluding hydrogens is 218 g/mol. The highest BCUT2D eigenvalue weighted by Crippen LogP contribution is 2.46. The number of piperidine rings is 1. The third-order valence-electron chi connectivity index (χ3n) is 3.93. The van der Waals surface area contributed by atoms with Gasteiger partial charge in [-0.1, -0.05) is 6.92 Å². The first kappa shape index (κ1) is 12.7. The molecule has 2 aliphatic rings. The Bertz CT molecular complexity index is 308. The highest BCUT2D eigenvalue weighted by molar-refractivity contribution is 5.70. The fourth-order valence-electron chi connectivity index (χ4n) is 3.27. The topological polar surface area (TPSA) is 49.8 Å². The molecule has 0 spiro atoms. The van der Waals surface area contributed by atoms with Crippen molar-refractivity contribution in [1.29, 1.82) is 0 Å². The van der Waals surface area contributed by atoms with Crippen LogP contribution in [0.3, 0.4) is 0 Å². The standard InChI is InChI=1S/C13H23NO3/c1-8-5-9-6-10(8)14(11(9)7-15)12(16)17-13(2,3)4/h8-11,15H,5-7H2,1-4H3/t8-,9+,10+,11-/m0/s1. The van der Waals surface area contributed by atoms with Gasteiger partial charge in [-0.15, -0.1) is 0 Å². The summed E-state index contributed by atoms with van der Waals surface area (Å²) in [6, 6.07) is 0.220. The van der Waals surface area contributed by atoms with E-state index in [1.54, 1.807) is 4.90 Å². The Morgan fingerprint density at radius 3 is 2.59 bits per heavy atom. The van der Waals surface area contributed by atoms with E-state index in [4.69, 9.17) is 4.74 Å². The predicted molar refractivity (Wildman–Crippen MR) is 64.6 cm³/mol. The molecule has 1 N–H and O–H groups in total. The zero-order valence-corrected chi connectivity index (χ0v) is 11.1. The van der Waals surface area contributed by atoms with Gasteiger partial charge in [0.2, 0.25) is 0 Å². The first-order valence-electron chi connectivity index (χ1n) is 6.45. The molecule has 0 radical (unpaired) electrons. The average Bonchev–Trinajstić information content (AvgIpc) is 2.69. The summed E-state index contributed by atoms with van der Waals surface area (Å²) in [5, 5.41) is 9.44. The van der Waals surface area contributed by atoms with E-state index in [-0.39, 0.29) is 24.8 Å². The lowest BCUT2D eigenvalue weighted by molar-refractivity contribution is -0.00780. The molecule has 1 saturated carbocycles. The lowest BCUT2D eigenvalue weighted by Gasteiger charge is -2.38. The zero-order chi connectivity index (χ0) is 12.8. The molecule has 4 nitrogen and oxygen atoms in total. The van der Waals surface area contributed by atoms with E-state index in [0.29, 0.717) is 11.8 Å². The zero-order valence-electron chi connectivity index (χ0n) is 11.1. The number of hydrogen-bond acceptors (Lipinski definition) is 3. The van der Waals surface area contributed by atoms with Crippen LogP contribution in [0.25, 0.3) is 0 Å². The number of hydrogen-bond donors (Lipinski definition) is 1. The third kappa shape index (κ3) is 2.28. The molecule has 0 aromatic heterocycles. The summed E-state index contributed by atoms with van der Waals surface area (Å²) < 4.78 is 5.43. The lowest BCUT2D eigenvalue weighted by Crippen LogP contribution is -2.51. The van der Waals surface area contributed by atoms with Crippen LogP contribution in [0.4, 0.5) is 4.79 Å². The van der Waals surface area contributed by atoms with Crippen LogP contribution in [-0.4, -0.2) is 40.4 Å². The summed E-state index contributed by atoms with van der Waals surface area (Å²) in [6.45, 7) is 7.84. The number of nitrogens with zero attached hydrogens (tertiary/aromatic N) is 1. The SMILES string of the molecule is C[C@H]1C[C@@H]2C[C@H]1N(C(=O)OC(C)(C)C)[C@H]2CO. The van der Waals surface area contributed by atoms with Gasteiger partial charge in [-0.05, 0) is 45.4 Å². The van der Waals surface area contributed by atoms with Crippen molar-refractivity contribution in [3.63, 3.8) is 0 Å². The molecule has 17 heavy (non-hydrogen) atoms. The second kappa shape index (κ2) is 4.16. The highest BCUT2D eigenvalue weighted by Gasteiger charge is 2.52. The third-order valence-corrected chi connectivity index (χ3v) is 3.93. The Labute approximate surface area is 103 Å². The molecule has 4 atom stereocenters. The fraction of sp³-hybridized carbons (Fsp3) is 0.923. The van der Waals surface area contributed by atoms with Crippen molar-refractivity contribution >= 4 is 6.09 Å². The Kier molecular flexibility index (Phi) is 3.10. The van der Waals surface area contributed by atoms with Gasteiger partial charge in [-0.25, -0.2) is 4.79 Å². The molecule has 2 rings (SSSR count). The van der Waals surface area contributed by atoms with Gasteiger partial charge in [-0.2, -0.15) is 0 Å². The van der Waals surface area contributed by atoms with E-state index in [2.05, 4.69) is 6.92 Å². The van der Waals surface area contributed by atoms with E-state index >= 15 is 0 Å². The Balaban J connectivity index is 2.11. The minimum atomic E-state index is -0.470. The smallest absolute Gasteiger partial charge is 0.410 e. The molecule has 2 bridgehead atoms. The fourth-order valence-corrected chi connectivity index (χ4v) is 3.27. The van der Waals surface area contributed by atoms with E-state index in [1.165, 1.54) is 0 Å². The number of aliphatic hydroxyl groups excluding tert-OH is 1. The molecule has 1 aliphatic heterocycles. The number of rotatable bonds is 1. The summed E-state index contributed by atoms with van der Waals surface area (Å²) >= 11 is 0. The van der Waals surface area contributed by atoms with Crippen molar-refractivity contribution in [1.82, 2.24) is 4.90 Å². The van der Waals surface area contributed by atoms with Crippen molar-refractivity contribution in [3.05, 3.63) is 0 Å². The van der Waals surface area contributed by atoms with Gasteiger partial charge in [0.1, 0.15) is 5.60 Å². The van der Waals surface area contributed by atoms with Crippen LogP contribution in [0.1, 0.15) is 40.5 Å². The Morgan fingerprint density at radius 2 is 2.06 bits per heavy atom. The van der Waals surface area contributed by atoms with Crippen LogP contribution in [0, 0.1) is 11.8 Å². The summed E-state index contributed by atoms with van der Waals surface area (Å²) in [6.07, 6.45) is 1.87. The van der Waals surface area contributed by atoms with Gasteiger partial charge >= 0.3 is 6.09 Å². The molecule has 1 saturated heterocycles. The average molecular weight is 241 g/mol. The van der Waals surface area contributed by atoms with Crippen molar-refractivity contribution in [2.24, 2.45) is 11.8 Å². The molecule has 0 aromatic carbocycles. The van der Waals surface area contributed by atoms with Gasteiger partial charge in [0.15, 0.2) is 0 Å². The molecule has 1 amide bonds. The van der Waals surface area contributed by atoms with Gasteiger partial charge in [-0.3, -0.25) is 4.90 Å². The summed E-state index contributed by atoms with van der Waals surface area (Å²) in [4.78, 5) is 13.9. The van der Waals surface area contributed by atoms with Gasteiger partial charge in [0.25, 0.3) is 0 Å². The largest absolute Gasteiger partial charge is 0.444 e. The van der Waals surface area contributed by atoms with Crippen molar-refractivity contribution in [3.8, 4) is 0 Å². The van der Waals surface area contributed by atoms with E-state index < -0.39 is 5.60 Å². The van der Waals surface area contributed by atoms with Crippen LogP contribution >= 0.6 is 0 Å². The maximum atomic E-state index is 12.2. The maximum Gasteiger partial charge on any atom is 0.410 e. The number of carbonyl (C=O) groups is 1. The quantitative estimate of drug-likeness (QED) is 0.764. The van der Waals surface area contributed by atoms with Crippen LogP contribution in [0.15, 0.2) is 0 Å². The number of likely N-dealkylation sites (tertiary alicyclic amines) is 1. The van der Waals surface area contributed by atoms with Crippen LogP contribution in [-0.2, 0) is 4.74 Å². The molecule has 1 heterocycles. The van der Waals surface area contributed by atoms with Gasteiger partial charge in [0.05, 0.1) is 12.6 Å². The Hall–Kier alpha value is -0.770. The molecule has 2 fully saturated rings. The number of fused-ring (bicyclic) bond motifs is 2. The number of amides is 1. The van der Waals surface area contributed by atoms with Crippen molar-refractivity contribution < 1.29 is 14.6 Å². The molecule has 1 aliphatic carbocycles. The Morgan fingerprint density at radius 1 is 1.41 bits per heavy atom. The molecule has 0 aromatic rings. The minimum absolute atomic E-state index is 0.0361. The monoisotopic (exact) mass is 241 g/mol. The van der Waals surface area contributed by atoms with Crippen LogP contribution in [0.2, 0.25) is 0 Å². The second-order valence-electron chi connectivity index (χ2n) is 6.41. The van der Waals surface area contributed by atoms with Crippen LogP contribution < -0.4 is 0 Å². The molecule has 0 unspecified atom stereocenters. The van der Waals surface area contributed by atoms with Crippen molar-refractivity contribution in [2.75, 3.05) is 6.61 Å². The minimum Gasteiger partial charge on any atom is -0.444 e. The van der Waals surface area contributed by atoms with Gasteiger partial charge < -0.3 is 9.84 Å². The van der Waals surface area contributed by atoms with Gasteiger partial charge in [0, 0.05) is 6.04 Å². The summed E-state index contributed by atoms with van der Waals surface area (Å²) in [5.41, 5.74) is -0.470. The highest BCUT2D eigenvalue weighted by atomic mass is 16.6. The molecule has 4 heteroatoms. The molecular formula is C13H23NO3. The predicted octanol–water partition coefficient (Wildman–Crippen LogP) is 2.01. The summed E-state index contributed by atoms with van der Waals surface area (Å²) in [5.74, 6) is 0.975. The van der Waals surface area contributed by atoms with E-state index in [0.717, 1.165) is 12.8 Å². The molecule has 98 valence electrons. The van der Waals surface area contributed by atoms with E-state index in [1.807, 2.05) is 20.8 Å². The van der Waals surface area contributed by atoms with Crippen molar-refractivity contribution in [2.45, 2.75) is 58.2 Å². The number of aliphatic hydroxyl groups is 1. The second-order valence-corrected chi connectivity index (χ2v) is 6.41. The maximum absolute atomic E-state index is 12.2. The van der Waals surface area contributed by atoms with E-state index in [9.17, 15) is 9.90 Å². The number of carbonyl (C=O) groups excluding carboxylic acids is 1.